The molecule has 0 aromatic carbocycles. The van der Waals surface area contributed by atoms with E-state index in [1.807, 2.05) is 12.2 Å². The van der Waals surface area contributed by atoms with Crippen LogP contribution in [-0.4, -0.2) is 49.3 Å². The molecule has 2 atom stereocenters. The minimum atomic E-state index is -4.41. The van der Waals surface area contributed by atoms with E-state index in [9.17, 15) is 19.0 Å². The van der Waals surface area contributed by atoms with Gasteiger partial charge in [0.2, 0.25) is 0 Å². The molecule has 0 saturated heterocycles. The maximum absolute atomic E-state index is 12.5. The highest BCUT2D eigenvalue weighted by Gasteiger charge is 2.25. The lowest BCUT2D eigenvalue weighted by Crippen LogP contribution is -2.29. The number of phosphoric ester groups is 1. The van der Waals surface area contributed by atoms with E-state index in [1.165, 1.54) is 186 Å². The van der Waals surface area contributed by atoms with Crippen molar-refractivity contribution in [3.05, 3.63) is 36.5 Å². The average Bonchev–Trinajstić information content (AvgIpc) is 3.22. The van der Waals surface area contributed by atoms with Crippen molar-refractivity contribution in [2.45, 2.75) is 238 Å². The van der Waals surface area contributed by atoms with Gasteiger partial charge in [0.1, 0.15) is 6.61 Å². The van der Waals surface area contributed by atoms with Gasteiger partial charge in [-0.2, -0.15) is 0 Å². The second-order valence-corrected chi connectivity index (χ2v) is 17.9. The van der Waals surface area contributed by atoms with Gasteiger partial charge in [-0.15, -0.1) is 0 Å². The first-order chi connectivity index (χ1) is 28.8. The van der Waals surface area contributed by atoms with Gasteiger partial charge in [-0.05, 0) is 38.5 Å². The molecule has 0 spiro atoms. The number of carbonyl (C=O) groups is 2. The molecule has 0 aliphatic heterocycles. The first-order valence-corrected chi connectivity index (χ1v) is 26.0. The molecule has 9 nitrogen and oxygen atoms in total. The smallest absolute Gasteiger partial charge is 0.462 e. The molecule has 346 valence electrons. The maximum Gasteiger partial charge on any atom is 0.472 e. The van der Waals surface area contributed by atoms with Crippen molar-refractivity contribution in [1.82, 2.24) is 0 Å². The molecular weight excluding hydrogens is 762 g/mol. The van der Waals surface area contributed by atoms with Crippen LogP contribution >= 0.6 is 7.82 Å². The Labute approximate surface area is 363 Å². The first-order valence-electron chi connectivity index (χ1n) is 24.5. The Morgan fingerprint density at radius 1 is 0.542 bits per heavy atom. The minimum Gasteiger partial charge on any atom is -0.462 e. The van der Waals surface area contributed by atoms with Crippen molar-refractivity contribution in [3.63, 3.8) is 0 Å². The van der Waals surface area contributed by atoms with Crippen LogP contribution in [0.5, 0.6) is 0 Å². The molecule has 0 amide bonds. The number of allylic oxidation sites excluding steroid dienone is 5. The number of rotatable bonds is 46. The van der Waals surface area contributed by atoms with Crippen LogP contribution in [0.2, 0.25) is 0 Å². The van der Waals surface area contributed by atoms with E-state index >= 15 is 0 Å². The van der Waals surface area contributed by atoms with Crippen molar-refractivity contribution in [2.24, 2.45) is 5.73 Å². The monoisotopic (exact) mass is 854 g/mol. The lowest BCUT2D eigenvalue weighted by molar-refractivity contribution is -0.157. The highest BCUT2D eigenvalue weighted by Crippen LogP contribution is 2.43. The number of nitrogens with two attached hydrogens (primary N) is 1. The third kappa shape index (κ3) is 45.6. The Balaban J connectivity index is 4.12. The zero-order valence-corrected chi connectivity index (χ0v) is 39.1. The van der Waals surface area contributed by atoms with Gasteiger partial charge in [-0.3, -0.25) is 13.8 Å². The molecule has 0 rings (SSSR count). The first kappa shape index (κ1) is 57.2. The van der Waals surface area contributed by atoms with Gasteiger partial charge in [0.05, 0.1) is 13.2 Å². The van der Waals surface area contributed by atoms with Gasteiger partial charge in [0, 0.05) is 19.0 Å². The van der Waals surface area contributed by atoms with Crippen LogP contribution in [0.1, 0.15) is 232 Å². The van der Waals surface area contributed by atoms with Gasteiger partial charge >= 0.3 is 19.8 Å². The highest BCUT2D eigenvalue weighted by molar-refractivity contribution is 7.47. The van der Waals surface area contributed by atoms with E-state index < -0.39 is 32.5 Å². The van der Waals surface area contributed by atoms with Gasteiger partial charge < -0.3 is 20.1 Å². The Morgan fingerprint density at radius 2 is 0.949 bits per heavy atom. The quantitative estimate of drug-likeness (QED) is 0.0153. The molecule has 0 heterocycles. The summed E-state index contributed by atoms with van der Waals surface area (Å²) in [6.07, 6.45) is 52.6. The van der Waals surface area contributed by atoms with Crippen LogP contribution in [0.25, 0.3) is 0 Å². The summed E-state index contributed by atoms with van der Waals surface area (Å²) in [6, 6.07) is 0. The highest BCUT2D eigenvalue weighted by atomic mass is 31.2. The topological polar surface area (TPSA) is 134 Å². The Morgan fingerprint density at radius 3 is 1.39 bits per heavy atom. The van der Waals surface area contributed by atoms with Crippen molar-refractivity contribution >= 4 is 19.8 Å². The number of hydrogen-bond acceptors (Lipinski definition) is 8. The molecular formula is C49H92NO8P. The Bertz CT molecular complexity index is 1060. The standard InChI is InChI=1S/C49H92NO8P/c1-3-5-7-9-11-13-15-17-19-20-21-22-23-24-25-26-28-29-31-33-35-37-39-41-48(51)55-45-47(46-57-59(53,54)56-44-43-50)58-49(52)42-40-38-36-34-32-30-27-18-16-14-12-10-8-6-4-2/h33,35-36,38,40,42,47H,3-32,34,37,39,41,43-46,50H2,1-2H3,(H,53,54)/b35-33+,38-36+,42-40+/t47-/m0/s1. The predicted molar refractivity (Wildman–Crippen MR) is 247 cm³/mol. The number of esters is 2. The molecule has 0 bridgehead atoms. The van der Waals surface area contributed by atoms with Gasteiger partial charge in [-0.25, -0.2) is 9.36 Å². The predicted octanol–water partition coefficient (Wildman–Crippen LogP) is 14.5. The molecule has 1 unspecified atom stereocenters. The summed E-state index contributed by atoms with van der Waals surface area (Å²) in [5, 5.41) is 0. The van der Waals surface area contributed by atoms with Crippen molar-refractivity contribution in [3.8, 4) is 0 Å². The van der Waals surface area contributed by atoms with Crippen LogP contribution < -0.4 is 5.73 Å². The minimum absolute atomic E-state index is 0.0380. The number of ether oxygens (including phenoxy) is 2. The number of hydrogen-bond donors (Lipinski definition) is 2. The van der Waals surface area contributed by atoms with E-state index in [-0.39, 0.29) is 26.2 Å². The largest absolute Gasteiger partial charge is 0.472 e. The third-order valence-corrected chi connectivity index (χ3v) is 11.6. The van der Waals surface area contributed by atoms with E-state index in [0.29, 0.717) is 6.42 Å². The van der Waals surface area contributed by atoms with Crippen molar-refractivity contribution in [2.75, 3.05) is 26.4 Å². The van der Waals surface area contributed by atoms with Gasteiger partial charge in [0.25, 0.3) is 0 Å². The normalized spacial score (nSPS) is 13.5. The number of unbranched alkanes of at least 4 members (excludes halogenated alkanes) is 30. The summed E-state index contributed by atoms with van der Waals surface area (Å²) in [4.78, 5) is 34.8. The molecule has 0 aromatic rings. The lowest BCUT2D eigenvalue weighted by atomic mass is 10.0. The van der Waals surface area contributed by atoms with Gasteiger partial charge in [-0.1, -0.05) is 218 Å². The molecule has 0 aliphatic rings. The van der Waals surface area contributed by atoms with Crippen LogP contribution in [0.15, 0.2) is 36.5 Å². The van der Waals surface area contributed by atoms with E-state index in [0.717, 1.165) is 25.7 Å². The molecule has 0 aromatic heterocycles. The Kier molecular flexibility index (Phi) is 44.4. The fraction of sp³-hybridized carbons (Fsp3) is 0.837. The van der Waals surface area contributed by atoms with Gasteiger partial charge in [0.15, 0.2) is 6.10 Å². The third-order valence-electron chi connectivity index (χ3n) is 10.6. The van der Waals surface area contributed by atoms with Crippen LogP contribution in [-0.2, 0) is 32.7 Å². The van der Waals surface area contributed by atoms with E-state index in [1.54, 1.807) is 6.08 Å². The molecule has 59 heavy (non-hydrogen) atoms. The SMILES string of the molecule is CCCCCCCCCCCCC/C=C/C=C/C(=O)O[C@@H](COC(=O)CCC/C=C/CCCCCCCCCCCCCCCCCCCC)COP(=O)(O)OCCN. The summed E-state index contributed by atoms with van der Waals surface area (Å²) >= 11 is 0. The zero-order chi connectivity index (χ0) is 43.2. The second kappa shape index (κ2) is 45.7. The average molecular weight is 854 g/mol. The number of phosphoric acid groups is 1. The second-order valence-electron chi connectivity index (χ2n) is 16.4. The molecule has 0 fully saturated rings. The number of carbonyl (C=O) groups excluding carboxylic acids is 2. The van der Waals surface area contributed by atoms with Crippen LogP contribution in [0.4, 0.5) is 0 Å². The van der Waals surface area contributed by atoms with Crippen LogP contribution in [0, 0.1) is 0 Å². The van der Waals surface area contributed by atoms with Crippen LogP contribution in [0.3, 0.4) is 0 Å². The van der Waals surface area contributed by atoms with E-state index in [2.05, 4.69) is 26.0 Å². The van der Waals surface area contributed by atoms with Crippen molar-refractivity contribution in [1.29, 1.82) is 0 Å². The fourth-order valence-corrected chi connectivity index (χ4v) is 7.72. The molecule has 10 heteroatoms. The van der Waals surface area contributed by atoms with E-state index in [4.69, 9.17) is 24.3 Å². The Hall–Kier alpha value is -1.77. The molecule has 0 saturated carbocycles. The summed E-state index contributed by atoms with van der Waals surface area (Å²) in [5.74, 6) is -1.11. The molecule has 0 radical (unpaired) electrons. The summed E-state index contributed by atoms with van der Waals surface area (Å²) in [7, 11) is -4.41. The lowest BCUT2D eigenvalue weighted by Gasteiger charge is -2.19. The summed E-state index contributed by atoms with van der Waals surface area (Å²) in [5.41, 5.74) is 5.35. The molecule has 3 N–H and O–H groups in total. The summed E-state index contributed by atoms with van der Waals surface area (Å²) < 4.78 is 32.6. The summed E-state index contributed by atoms with van der Waals surface area (Å²) in [6.45, 7) is 3.61. The maximum atomic E-state index is 12.5. The molecule has 0 aliphatic carbocycles. The zero-order valence-electron chi connectivity index (χ0n) is 38.2. The fourth-order valence-electron chi connectivity index (χ4n) is 6.96. The van der Waals surface area contributed by atoms with Crippen molar-refractivity contribution < 1.29 is 37.6 Å².